The third-order valence-corrected chi connectivity index (χ3v) is 6.88. The monoisotopic (exact) mass is 454 g/mol. The highest BCUT2D eigenvalue weighted by Crippen LogP contribution is 2.38. The molecule has 0 amide bonds. The van der Waals surface area contributed by atoms with E-state index in [0.29, 0.717) is 18.5 Å². The zero-order valence-corrected chi connectivity index (χ0v) is 20.1. The van der Waals surface area contributed by atoms with Crippen molar-refractivity contribution in [1.82, 2.24) is 9.88 Å². The minimum atomic E-state index is 0. The topological polar surface area (TPSA) is 69.0 Å². The highest BCUT2D eigenvalue weighted by Gasteiger charge is 2.23. The lowest BCUT2D eigenvalue weighted by Crippen LogP contribution is -2.40. The molecule has 1 aliphatic carbocycles. The largest absolute Gasteiger partial charge is 0.344 e. The average molecular weight is 455 g/mol. The van der Waals surface area contributed by atoms with Gasteiger partial charge in [-0.1, -0.05) is 67.3 Å². The fourth-order valence-electron chi connectivity index (χ4n) is 5.18. The van der Waals surface area contributed by atoms with Crippen LogP contribution < -0.4 is 16.8 Å². The first-order chi connectivity index (χ1) is 15.2. The lowest BCUT2D eigenvalue weighted by Gasteiger charge is -2.24. The first-order valence-electron chi connectivity index (χ1n) is 12.0. The predicted molar refractivity (Wildman–Crippen MR) is 139 cm³/mol. The summed E-state index contributed by atoms with van der Waals surface area (Å²) >= 11 is 0. The van der Waals surface area contributed by atoms with E-state index in [0.717, 1.165) is 19.5 Å². The minimum absolute atomic E-state index is 0. The second-order valence-corrected chi connectivity index (χ2v) is 9.26. The summed E-state index contributed by atoms with van der Waals surface area (Å²) in [5, 5.41) is 4.93. The number of para-hydroxylation sites is 1. The Morgan fingerprint density at radius 1 is 1.06 bits per heavy atom. The van der Waals surface area contributed by atoms with E-state index in [-0.39, 0.29) is 18.4 Å². The first-order valence-corrected chi connectivity index (χ1v) is 12.0. The van der Waals surface area contributed by atoms with Gasteiger partial charge in [-0.2, -0.15) is 0 Å². The molecule has 1 heterocycles. The predicted octanol–water partition coefficient (Wildman–Crippen LogP) is 5.27. The number of aryl methyl sites for hydroxylation is 1. The molecule has 1 fully saturated rings. The number of hydrogen-bond donors (Lipinski definition) is 3. The normalized spacial score (nSPS) is 16.6. The Balaban J connectivity index is 0.00000289. The van der Waals surface area contributed by atoms with Gasteiger partial charge in [-0.15, -0.1) is 12.4 Å². The van der Waals surface area contributed by atoms with Crippen LogP contribution in [0.3, 0.4) is 0 Å². The summed E-state index contributed by atoms with van der Waals surface area (Å²) in [7, 11) is 0. The van der Waals surface area contributed by atoms with E-state index in [1.54, 1.807) is 0 Å². The van der Waals surface area contributed by atoms with Crippen LogP contribution in [0.4, 0.5) is 0 Å². The lowest BCUT2D eigenvalue weighted by atomic mass is 9.87. The Labute approximate surface area is 199 Å². The van der Waals surface area contributed by atoms with Crippen molar-refractivity contribution >= 4 is 23.3 Å². The van der Waals surface area contributed by atoms with Crippen LogP contribution in [0.1, 0.15) is 67.2 Å². The van der Waals surface area contributed by atoms with Crippen molar-refractivity contribution in [2.75, 3.05) is 19.6 Å². The van der Waals surface area contributed by atoms with Crippen molar-refractivity contribution in [3.8, 4) is 0 Å². The smallest absolute Gasteiger partial charge is 0.0485 e. The van der Waals surface area contributed by atoms with Gasteiger partial charge in [-0.3, -0.25) is 0 Å². The molecule has 5 N–H and O–H groups in total. The highest BCUT2D eigenvalue weighted by molar-refractivity contribution is 5.85. The van der Waals surface area contributed by atoms with E-state index in [9.17, 15) is 0 Å². The summed E-state index contributed by atoms with van der Waals surface area (Å²) in [6.45, 7) is 4.39. The molecule has 4 rings (SSSR count). The maximum absolute atomic E-state index is 6.00. The molecule has 0 spiro atoms. The van der Waals surface area contributed by atoms with E-state index < -0.39 is 0 Å². The molecule has 4 nitrogen and oxygen atoms in total. The number of aromatic nitrogens is 1. The molecule has 2 atom stereocenters. The summed E-state index contributed by atoms with van der Waals surface area (Å²) in [5.41, 5.74) is 17.2. The number of hydrogen-bond acceptors (Lipinski definition) is 3. The van der Waals surface area contributed by atoms with Crippen LogP contribution in [0, 0.1) is 6.92 Å². The number of nitrogens with one attached hydrogen (secondary N) is 1. The fourth-order valence-corrected chi connectivity index (χ4v) is 5.18. The second-order valence-electron chi connectivity index (χ2n) is 9.26. The molecule has 0 radical (unpaired) electrons. The van der Waals surface area contributed by atoms with Crippen LogP contribution in [0.2, 0.25) is 0 Å². The third kappa shape index (κ3) is 5.74. The molecule has 2 unspecified atom stereocenters. The Hall–Kier alpha value is -1.85. The zero-order valence-electron chi connectivity index (χ0n) is 19.3. The summed E-state index contributed by atoms with van der Waals surface area (Å²) in [5.74, 6) is 0.358. The molecule has 1 saturated carbocycles. The van der Waals surface area contributed by atoms with Crippen molar-refractivity contribution < 1.29 is 0 Å². The van der Waals surface area contributed by atoms with Gasteiger partial charge in [0.2, 0.25) is 0 Å². The third-order valence-electron chi connectivity index (χ3n) is 6.88. The Kier molecular flexibility index (Phi) is 9.18. The van der Waals surface area contributed by atoms with Crippen LogP contribution in [-0.2, 0) is 0 Å². The van der Waals surface area contributed by atoms with E-state index >= 15 is 0 Å². The molecule has 0 saturated heterocycles. The highest BCUT2D eigenvalue weighted by atomic mass is 35.5. The fraction of sp³-hybridized carbons (Fsp3) is 0.481. The Morgan fingerprint density at radius 3 is 2.59 bits per heavy atom. The molecule has 1 aliphatic rings. The standard InChI is InChI=1S/C27H38N4.ClH/c1-20-8-7-9-21(16-20)24(14-15-30-18-22(29)17-28)26-19-31(23-10-3-2-4-11-23)27-13-6-5-12-25(26)27;/h5-9,12-13,16,19,22-24,30H,2-4,10-11,14-15,17-18,28-29H2,1H3;1H. The molecule has 174 valence electrons. The number of rotatable bonds is 9. The van der Waals surface area contributed by atoms with Gasteiger partial charge >= 0.3 is 0 Å². The summed E-state index contributed by atoms with van der Waals surface area (Å²) in [6.07, 6.45) is 10.2. The van der Waals surface area contributed by atoms with Gasteiger partial charge in [0, 0.05) is 48.2 Å². The number of halogens is 1. The molecule has 0 bridgehead atoms. The molecule has 1 aromatic heterocycles. The molecule has 3 aromatic rings. The molecule has 32 heavy (non-hydrogen) atoms. The van der Waals surface area contributed by atoms with E-state index in [1.165, 1.54) is 59.7 Å². The van der Waals surface area contributed by atoms with Gasteiger partial charge in [0.05, 0.1) is 0 Å². The summed E-state index contributed by atoms with van der Waals surface area (Å²) in [4.78, 5) is 0. The molecule has 2 aromatic carbocycles. The van der Waals surface area contributed by atoms with Crippen LogP contribution in [0.15, 0.2) is 54.7 Å². The van der Waals surface area contributed by atoms with Crippen LogP contribution in [0.25, 0.3) is 10.9 Å². The van der Waals surface area contributed by atoms with Crippen molar-refractivity contribution in [1.29, 1.82) is 0 Å². The van der Waals surface area contributed by atoms with Crippen molar-refractivity contribution in [2.24, 2.45) is 11.5 Å². The number of fused-ring (bicyclic) bond motifs is 1. The van der Waals surface area contributed by atoms with Crippen molar-refractivity contribution in [3.05, 3.63) is 71.4 Å². The van der Waals surface area contributed by atoms with Gasteiger partial charge < -0.3 is 21.4 Å². The van der Waals surface area contributed by atoms with Crippen LogP contribution in [-0.4, -0.2) is 30.2 Å². The molecule has 0 aliphatic heterocycles. The zero-order chi connectivity index (χ0) is 21.6. The van der Waals surface area contributed by atoms with Crippen molar-refractivity contribution in [2.45, 2.75) is 63.5 Å². The van der Waals surface area contributed by atoms with E-state index in [4.69, 9.17) is 11.5 Å². The maximum Gasteiger partial charge on any atom is 0.0485 e. The Morgan fingerprint density at radius 2 is 1.84 bits per heavy atom. The Bertz CT molecular complexity index is 977. The molecular formula is C27H39ClN4. The minimum Gasteiger partial charge on any atom is -0.344 e. The maximum atomic E-state index is 6.00. The molecular weight excluding hydrogens is 416 g/mol. The average Bonchev–Trinajstić information content (AvgIpc) is 3.19. The summed E-state index contributed by atoms with van der Waals surface area (Å²) < 4.78 is 2.59. The second kappa shape index (κ2) is 11.9. The van der Waals surface area contributed by atoms with Gasteiger partial charge in [-0.25, -0.2) is 0 Å². The quantitative estimate of drug-likeness (QED) is 0.385. The summed E-state index contributed by atoms with van der Waals surface area (Å²) in [6, 6.07) is 18.6. The van der Waals surface area contributed by atoms with E-state index in [2.05, 4.69) is 71.5 Å². The number of nitrogens with zero attached hydrogens (tertiary/aromatic N) is 1. The first kappa shape index (κ1) is 24.8. The van der Waals surface area contributed by atoms with Gasteiger partial charge in [0.25, 0.3) is 0 Å². The van der Waals surface area contributed by atoms with Gasteiger partial charge in [0.1, 0.15) is 0 Å². The SMILES string of the molecule is Cc1cccc(C(CCNCC(N)CN)c2cn(C3CCCCC3)c3ccccc23)c1.Cl. The van der Waals surface area contributed by atoms with Crippen LogP contribution in [0.5, 0.6) is 0 Å². The van der Waals surface area contributed by atoms with Crippen LogP contribution >= 0.6 is 12.4 Å². The van der Waals surface area contributed by atoms with E-state index in [1.807, 2.05) is 0 Å². The lowest BCUT2D eigenvalue weighted by molar-refractivity contribution is 0.360. The number of benzene rings is 2. The van der Waals surface area contributed by atoms with Gasteiger partial charge in [-0.05, 0) is 49.9 Å². The molecule has 5 heteroatoms. The number of nitrogens with two attached hydrogens (primary N) is 2. The van der Waals surface area contributed by atoms with Crippen molar-refractivity contribution in [3.63, 3.8) is 0 Å². The van der Waals surface area contributed by atoms with Gasteiger partial charge in [0.15, 0.2) is 0 Å².